The molecular weight excluding hydrogens is 386 g/mol. The SMILES string of the molecule is CC(=O)c1ccccc1NC(=O)CSc1nn(-c2ccccc2)c(=S)s1. The fourth-order valence-corrected chi connectivity index (χ4v) is 4.43. The number of para-hydroxylation sites is 2. The number of nitrogens with zero attached hydrogens (tertiary/aromatic N) is 2. The number of nitrogens with one attached hydrogen (secondary N) is 1. The second kappa shape index (κ2) is 8.39. The summed E-state index contributed by atoms with van der Waals surface area (Å²) in [5, 5.41) is 7.24. The Bertz CT molecular complexity index is 996. The van der Waals surface area contributed by atoms with Gasteiger partial charge in [-0.1, -0.05) is 53.4 Å². The van der Waals surface area contributed by atoms with E-state index in [1.54, 1.807) is 28.9 Å². The van der Waals surface area contributed by atoms with Gasteiger partial charge in [-0.05, 0) is 43.4 Å². The molecular formula is C18H15N3O2S3. The topological polar surface area (TPSA) is 64.0 Å². The molecule has 1 aromatic heterocycles. The van der Waals surface area contributed by atoms with Crippen molar-refractivity contribution in [2.24, 2.45) is 0 Å². The Morgan fingerprint density at radius 3 is 2.58 bits per heavy atom. The first-order chi connectivity index (χ1) is 12.5. The normalized spacial score (nSPS) is 10.5. The first kappa shape index (κ1) is 18.5. The summed E-state index contributed by atoms with van der Waals surface area (Å²) in [5.41, 5.74) is 1.91. The molecule has 1 heterocycles. The van der Waals surface area contributed by atoms with E-state index in [1.807, 2.05) is 30.3 Å². The van der Waals surface area contributed by atoms with Crippen LogP contribution in [0.1, 0.15) is 17.3 Å². The minimum absolute atomic E-state index is 0.0897. The minimum atomic E-state index is -0.198. The molecule has 3 aromatic rings. The molecule has 1 amide bonds. The lowest BCUT2D eigenvalue weighted by atomic mass is 10.1. The molecule has 0 radical (unpaired) electrons. The van der Waals surface area contributed by atoms with Crippen LogP contribution in [-0.4, -0.2) is 27.2 Å². The van der Waals surface area contributed by atoms with Gasteiger partial charge in [-0.15, -0.1) is 5.10 Å². The largest absolute Gasteiger partial charge is 0.325 e. The number of benzene rings is 2. The van der Waals surface area contributed by atoms with Crippen LogP contribution in [0.3, 0.4) is 0 Å². The molecule has 8 heteroatoms. The molecule has 0 atom stereocenters. The van der Waals surface area contributed by atoms with Crippen LogP contribution in [0.4, 0.5) is 5.69 Å². The minimum Gasteiger partial charge on any atom is -0.325 e. The van der Waals surface area contributed by atoms with Gasteiger partial charge in [-0.3, -0.25) is 9.59 Å². The molecule has 132 valence electrons. The van der Waals surface area contributed by atoms with Gasteiger partial charge < -0.3 is 5.32 Å². The fourth-order valence-electron chi connectivity index (χ4n) is 2.26. The van der Waals surface area contributed by atoms with Crippen molar-refractivity contribution in [3.05, 3.63) is 64.1 Å². The summed E-state index contributed by atoms with van der Waals surface area (Å²) in [6, 6.07) is 16.6. The average Bonchev–Trinajstić information content (AvgIpc) is 3.02. The lowest BCUT2D eigenvalue weighted by Crippen LogP contribution is -2.16. The van der Waals surface area contributed by atoms with Gasteiger partial charge in [0.25, 0.3) is 0 Å². The smallest absolute Gasteiger partial charge is 0.234 e. The number of hydrogen-bond acceptors (Lipinski definition) is 6. The molecule has 0 spiro atoms. The van der Waals surface area contributed by atoms with Gasteiger partial charge in [-0.2, -0.15) is 0 Å². The van der Waals surface area contributed by atoms with Crippen LogP contribution in [-0.2, 0) is 4.79 Å². The molecule has 0 fully saturated rings. The Morgan fingerprint density at radius 1 is 1.15 bits per heavy atom. The third-order valence-corrected chi connectivity index (χ3v) is 5.80. The molecule has 0 aliphatic heterocycles. The first-order valence-corrected chi connectivity index (χ1v) is 9.94. The van der Waals surface area contributed by atoms with Gasteiger partial charge in [0.15, 0.2) is 14.1 Å². The van der Waals surface area contributed by atoms with Crippen molar-refractivity contribution in [3.8, 4) is 5.69 Å². The van der Waals surface area contributed by atoms with Crippen LogP contribution < -0.4 is 5.32 Å². The van der Waals surface area contributed by atoms with Crippen LogP contribution in [0.15, 0.2) is 58.9 Å². The highest BCUT2D eigenvalue weighted by atomic mass is 32.2. The predicted octanol–water partition coefficient (Wildman–Crippen LogP) is 4.60. The zero-order chi connectivity index (χ0) is 18.5. The quantitative estimate of drug-likeness (QED) is 0.372. The molecule has 0 bridgehead atoms. The number of thioether (sulfide) groups is 1. The summed E-state index contributed by atoms with van der Waals surface area (Å²) < 4.78 is 3.03. The predicted molar refractivity (Wildman–Crippen MR) is 108 cm³/mol. The summed E-state index contributed by atoms with van der Waals surface area (Å²) in [6.07, 6.45) is 0. The maximum Gasteiger partial charge on any atom is 0.234 e. The van der Waals surface area contributed by atoms with Crippen molar-refractivity contribution in [2.45, 2.75) is 11.3 Å². The van der Waals surface area contributed by atoms with Crippen molar-refractivity contribution in [1.82, 2.24) is 9.78 Å². The Labute approximate surface area is 164 Å². The van der Waals surface area contributed by atoms with Crippen LogP contribution >= 0.6 is 35.3 Å². The second-order valence-electron chi connectivity index (χ2n) is 5.32. The Kier molecular flexibility index (Phi) is 5.97. The van der Waals surface area contributed by atoms with Gasteiger partial charge in [0.1, 0.15) is 0 Å². The van der Waals surface area contributed by atoms with E-state index in [2.05, 4.69) is 10.4 Å². The fraction of sp³-hybridized carbons (Fsp3) is 0.111. The molecule has 2 aromatic carbocycles. The highest BCUT2D eigenvalue weighted by Gasteiger charge is 2.12. The summed E-state index contributed by atoms with van der Waals surface area (Å²) in [7, 11) is 0. The monoisotopic (exact) mass is 401 g/mol. The van der Waals surface area contributed by atoms with Crippen molar-refractivity contribution in [3.63, 3.8) is 0 Å². The lowest BCUT2D eigenvalue weighted by molar-refractivity contribution is -0.113. The van der Waals surface area contributed by atoms with Crippen molar-refractivity contribution in [1.29, 1.82) is 0 Å². The lowest BCUT2D eigenvalue weighted by Gasteiger charge is -2.08. The number of carbonyl (C=O) groups is 2. The molecule has 1 N–H and O–H groups in total. The van der Waals surface area contributed by atoms with Gasteiger partial charge in [0, 0.05) is 5.56 Å². The number of Topliss-reactive ketones (excluding diaryl/α,β-unsaturated/α-hetero) is 1. The van der Waals surface area contributed by atoms with E-state index in [0.29, 0.717) is 19.5 Å². The van der Waals surface area contributed by atoms with Gasteiger partial charge in [0.05, 0.1) is 17.1 Å². The third-order valence-electron chi connectivity index (χ3n) is 3.44. The first-order valence-electron chi connectivity index (χ1n) is 7.73. The zero-order valence-electron chi connectivity index (χ0n) is 13.8. The van der Waals surface area contributed by atoms with Gasteiger partial charge >= 0.3 is 0 Å². The van der Waals surface area contributed by atoms with Crippen molar-refractivity contribution >= 4 is 52.7 Å². The van der Waals surface area contributed by atoms with Crippen molar-refractivity contribution < 1.29 is 9.59 Å². The van der Waals surface area contributed by atoms with E-state index in [-0.39, 0.29) is 17.4 Å². The summed E-state index contributed by atoms with van der Waals surface area (Å²) >= 11 is 8.03. The standard InChI is InChI=1S/C18H15N3O2S3/c1-12(22)14-9-5-6-10-15(14)19-16(23)11-25-17-20-21(18(24)26-17)13-7-3-2-4-8-13/h2-10H,11H2,1H3,(H,19,23). The van der Waals surface area contributed by atoms with E-state index < -0.39 is 0 Å². The molecule has 26 heavy (non-hydrogen) atoms. The highest BCUT2D eigenvalue weighted by molar-refractivity contribution is 8.01. The summed E-state index contributed by atoms with van der Waals surface area (Å²) in [6.45, 7) is 1.47. The van der Waals surface area contributed by atoms with E-state index >= 15 is 0 Å². The number of hydrogen-bond donors (Lipinski definition) is 1. The molecule has 0 unspecified atom stereocenters. The number of ketones is 1. The number of anilines is 1. The average molecular weight is 402 g/mol. The molecule has 3 rings (SSSR count). The maximum atomic E-state index is 12.2. The highest BCUT2D eigenvalue weighted by Crippen LogP contribution is 2.24. The van der Waals surface area contributed by atoms with E-state index in [9.17, 15) is 9.59 Å². The molecule has 0 aliphatic carbocycles. The van der Waals surface area contributed by atoms with Gasteiger partial charge in [0.2, 0.25) is 5.91 Å². The number of amides is 1. The summed E-state index contributed by atoms with van der Waals surface area (Å²) in [4.78, 5) is 23.8. The van der Waals surface area contributed by atoms with Crippen LogP contribution in [0.5, 0.6) is 0 Å². The Hall–Kier alpha value is -2.29. The second-order valence-corrected chi connectivity index (χ2v) is 8.16. The van der Waals surface area contributed by atoms with Crippen LogP contribution in [0.25, 0.3) is 5.69 Å². The van der Waals surface area contributed by atoms with Crippen LogP contribution in [0.2, 0.25) is 0 Å². The van der Waals surface area contributed by atoms with E-state index in [0.717, 1.165) is 5.69 Å². The zero-order valence-corrected chi connectivity index (χ0v) is 16.3. The number of rotatable bonds is 6. The van der Waals surface area contributed by atoms with Gasteiger partial charge in [-0.25, -0.2) is 4.68 Å². The molecule has 5 nitrogen and oxygen atoms in total. The Balaban J connectivity index is 1.66. The maximum absolute atomic E-state index is 12.2. The summed E-state index contributed by atoms with van der Waals surface area (Å²) in [5.74, 6) is -0.104. The van der Waals surface area contributed by atoms with E-state index in [4.69, 9.17) is 12.2 Å². The number of carbonyl (C=O) groups excluding carboxylic acids is 2. The number of aromatic nitrogens is 2. The van der Waals surface area contributed by atoms with E-state index in [1.165, 1.54) is 30.0 Å². The Morgan fingerprint density at radius 2 is 1.85 bits per heavy atom. The molecule has 0 saturated carbocycles. The third kappa shape index (κ3) is 4.46. The van der Waals surface area contributed by atoms with Crippen molar-refractivity contribution in [2.75, 3.05) is 11.1 Å². The molecule has 0 aliphatic rings. The van der Waals surface area contributed by atoms with Crippen LogP contribution in [0, 0.1) is 3.95 Å². The molecule has 0 saturated heterocycles.